The first-order chi connectivity index (χ1) is 13.5. The van der Waals surface area contributed by atoms with Gasteiger partial charge in [0.15, 0.2) is 0 Å². The molecule has 1 saturated carbocycles. The average molecular weight is 399 g/mol. The Hall–Kier alpha value is -1.88. The van der Waals surface area contributed by atoms with Gasteiger partial charge >= 0.3 is 0 Å². The van der Waals surface area contributed by atoms with E-state index in [1.54, 1.807) is 0 Å². The van der Waals surface area contributed by atoms with Gasteiger partial charge in [0.05, 0.1) is 18.1 Å². The Morgan fingerprint density at radius 2 is 2.00 bits per heavy atom. The van der Waals surface area contributed by atoms with Crippen LogP contribution >= 0.6 is 11.6 Å². The molecule has 148 valence electrons. The third-order valence-corrected chi connectivity index (χ3v) is 5.97. The summed E-state index contributed by atoms with van der Waals surface area (Å²) in [5.74, 6) is 0.0992. The number of nitrogens with one attached hydrogen (secondary N) is 1. The van der Waals surface area contributed by atoms with Gasteiger partial charge in [-0.25, -0.2) is 0 Å². The normalized spacial score (nSPS) is 21.3. The van der Waals surface area contributed by atoms with Crippen molar-refractivity contribution in [2.75, 3.05) is 19.7 Å². The molecule has 1 aliphatic carbocycles. The van der Waals surface area contributed by atoms with Gasteiger partial charge in [0.1, 0.15) is 0 Å². The highest BCUT2D eigenvalue weighted by molar-refractivity contribution is 6.30. The fourth-order valence-electron chi connectivity index (χ4n) is 4.04. The number of ether oxygens (including phenoxy) is 1. The molecular formula is C23H27ClN2O2. The Balaban J connectivity index is 1.36. The van der Waals surface area contributed by atoms with Gasteiger partial charge in [0.25, 0.3) is 0 Å². The monoisotopic (exact) mass is 398 g/mol. The van der Waals surface area contributed by atoms with E-state index in [-0.39, 0.29) is 12.0 Å². The van der Waals surface area contributed by atoms with Crippen molar-refractivity contribution in [3.05, 3.63) is 70.2 Å². The van der Waals surface area contributed by atoms with E-state index >= 15 is 0 Å². The SMILES string of the molecule is CC1CN(Cc2cccc(CNC(=O)C3(c4cccc(Cl)c4)CC3)c2)CCO1. The van der Waals surface area contributed by atoms with E-state index in [0.717, 1.165) is 50.2 Å². The number of morpholine rings is 1. The second kappa shape index (κ2) is 8.24. The zero-order valence-electron chi connectivity index (χ0n) is 16.3. The maximum Gasteiger partial charge on any atom is 0.230 e. The number of carbonyl (C=O) groups is 1. The molecular weight excluding hydrogens is 372 g/mol. The van der Waals surface area contributed by atoms with Crippen molar-refractivity contribution in [2.45, 2.75) is 44.4 Å². The van der Waals surface area contributed by atoms with Crippen molar-refractivity contribution < 1.29 is 9.53 Å². The molecule has 2 aromatic rings. The zero-order valence-corrected chi connectivity index (χ0v) is 17.0. The summed E-state index contributed by atoms with van der Waals surface area (Å²) in [6, 6.07) is 16.2. The second-order valence-electron chi connectivity index (χ2n) is 8.01. The van der Waals surface area contributed by atoms with E-state index in [0.29, 0.717) is 11.6 Å². The van der Waals surface area contributed by atoms with Gasteiger partial charge in [0, 0.05) is 31.2 Å². The van der Waals surface area contributed by atoms with Crippen molar-refractivity contribution in [3.63, 3.8) is 0 Å². The van der Waals surface area contributed by atoms with Crippen molar-refractivity contribution in [2.24, 2.45) is 0 Å². The molecule has 5 heteroatoms. The van der Waals surface area contributed by atoms with E-state index in [1.807, 2.05) is 24.3 Å². The molecule has 1 amide bonds. The van der Waals surface area contributed by atoms with Gasteiger partial charge in [-0.05, 0) is 48.6 Å². The third-order valence-electron chi connectivity index (χ3n) is 5.74. The molecule has 2 fully saturated rings. The van der Waals surface area contributed by atoms with E-state index in [1.165, 1.54) is 5.56 Å². The predicted octanol–water partition coefficient (Wildman–Crippen LogP) is 3.91. The van der Waals surface area contributed by atoms with Crippen LogP contribution in [0.1, 0.15) is 36.5 Å². The lowest BCUT2D eigenvalue weighted by atomic mass is 9.95. The second-order valence-corrected chi connectivity index (χ2v) is 8.45. The molecule has 4 nitrogen and oxygen atoms in total. The van der Waals surface area contributed by atoms with Crippen LogP contribution in [0.25, 0.3) is 0 Å². The molecule has 0 spiro atoms. The third kappa shape index (κ3) is 4.40. The molecule has 0 bridgehead atoms. The highest BCUT2D eigenvalue weighted by Gasteiger charge is 2.51. The number of rotatable bonds is 6. The summed E-state index contributed by atoms with van der Waals surface area (Å²) in [7, 11) is 0. The summed E-state index contributed by atoms with van der Waals surface area (Å²) in [6.45, 7) is 6.31. The lowest BCUT2D eigenvalue weighted by Crippen LogP contribution is -2.40. The molecule has 0 radical (unpaired) electrons. The lowest BCUT2D eigenvalue weighted by Gasteiger charge is -2.31. The minimum Gasteiger partial charge on any atom is -0.376 e. The van der Waals surface area contributed by atoms with E-state index in [4.69, 9.17) is 16.3 Å². The molecule has 1 aliphatic heterocycles. The number of halogens is 1. The molecule has 2 aliphatic rings. The number of hydrogen-bond donors (Lipinski definition) is 1. The maximum atomic E-state index is 12.9. The summed E-state index contributed by atoms with van der Waals surface area (Å²) in [5, 5.41) is 3.82. The topological polar surface area (TPSA) is 41.6 Å². The van der Waals surface area contributed by atoms with Crippen LogP contribution in [0.15, 0.2) is 48.5 Å². The summed E-state index contributed by atoms with van der Waals surface area (Å²) < 4.78 is 5.62. The van der Waals surface area contributed by atoms with Crippen molar-refractivity contribution >= 4 is 17.5 Å². The summed E-state index contributed by atoms with van der Waals surface area (Å²) in [4.78, 5) is 15.3. The quantitative estimate of drug-likeness (QED) is 0.802. The minimum absolute atomic E-state index is 0.0992. The Labute approximate surface area is 171 Å². The average Bonchev–Trinajstić information content (AvgIpc) is 3.49. The molecule has 0 aromatic heterocycles. The van der Waals surface area contributed by atoms with Gasteiger partial charge in [-0.2, -0.15) is 0 Å². The lowest BCUT2D eigenvalue weighted by molar-refractivity contribution is -0.123. The van der Waals surface area contributed by atoms with Gasteiger partial charge in [-0.15, -0.1) is 0 Å². The van der Waals surface area contributed by atoms with Gasteiger partial charge < -0.3 is 10.1 Å². The van der Waals surface area contributed by atoms with E-state index in [9.17, 15) is 4.79 Å². The van der Waals surface area contributed by atoms with Crippen LogP contribution in [0.3, 0.4) is 0 Å². The summed E-state index contributed by atoms with van der Waals surface area (Å²) >= 11 is 6.12. The molecule has 1 saturated heterocycles. The highest BCUT2D eigenvalue weighted by atomic mass is 35.5. The number of amides is 1. The van der Waals surface area contributed by atoms with E-state index < -0.39 is 5.41 Å². The number of carbonyl (C=O) groups excluding carboxylic acids is 1. The van der Waals surface area contributed by atoms with Crippen LogP contribution in [0, 0.1) is 0 Å². The van der Waals surface area contributed by atoms with Crippen molar-refractivity contribution in [3.8, 4) is 0 Å². The van der Waals surface area contributed by atoms with Crippen LogP contribution in [-0.4, -0.2) is 36.6 Å². The largest absolute Gasteiger partial charge is 0.376 e. The van der Waals surface area contributed by atoms with Gasteiger partial charge in [0.2, 0.25) is 5.91 Å². The predicted molar refractivity (Wildman–Crippen MR) is 111 cm³/mol. The van der Waals surface area contributed by atoms with Gasteiger partial charge in [-0.1, -0.05) is 48.0 Å². The number of benzene rings is 2. The Morgan fingerprint density at radius 3 is 2.75 bits per heavy atom. The first-order valence-electron chi connectivity index (χ1n) is 10.0. The molecule has 1 N–H and O–H groups in total. The molecule has 1 atom stereocenters. The minimum atomic E-state index is -0.396. The molecule has 28 heavy (non-hydrogen) atoms. The molecule has 2 aromatic carbocycles. The number of hydrogen-bond acceptors (Lipinski definition) is 3. The van der Waals surface area contributed by atoms with Gasteiger partial charge in [-0.3, -0.25) is 9.69 Å². The Kier molecular flexibility index (Phi) is 5.72. The maximum absolute atomic E-state index is 12.9. The van der Waals surface area contributed by atoms with Crippen LogP contribution < -0.4 is 5.32 Å². The molecule has 1 unspecified atom stereocenters. The Morgan fingerprint density at radius 1 is 1.21 bits per heavy atom. The van der Waals surface area contributed by atoms with E-state index in [2.05, 4.69) is 41.4 Å². The molecule has 4 rings (SSSR count). The standard InChI is InChI=1S/C23H27ClN2O2/c1-17-15-26(10-11-28-17)16-19-5-2-4-18(12-19)14-25-22(27)23(8-9-23)20-6-3-7-21(24)13-20/h2-7,12-13,17H,8-11,14-16H2,1H3,(H,25,27). The van der Waals surface area contributed by atoms with Crippen LogP contribution in [0.5, 0.6) is 0 Å². The number of nitrogens with zero attached hydrogens (tertiary/aromatic N) is 1. The van der Waals surface area contributed by atoms with Crippen LogP contribution in [0.4, 0.5) is 0 Å². The zero-order chi connectivity index (χ0) is 19.6. The van der Waals surface area contributed by atoms with Crippen LogP contribution in [0.2, 0.25) is 5.02 Å². The smallest absolute Gasteiger partial charge is 0.230 e. The molecule has 1 heterocycles. The Bertz CT molecular complexity index is 850. The summed E-state index contributed by atoms with van der Waals surface area (Å²) in [5.41, 5.74) is 3.03. The van der Waals surface area contributed by atoms with Crippen LogP contribution in [-0.2, 0) is 28.0 Å². The fraction of sp³-hybridized carbons (Fsp3) is 0.435. The summed E-state index contributed by atoms with van der Waals surface area (Å²) in [6.07, 6.45) is 2.06. The first-order valence-corrected chi connectivity index (χ1v) is 10.4. The van der Waals surface area contributed by atoms with Crippen molar-refractivity contribution in [1.29, 1.82) is 0 Å². The fourth-order valence-corrected chi connectivity index (χ4v) is 4.23. The highest BCUT2D eigenvalue weighted by Crippen LogP contribution is 2.48. The van der Waals surface area contributed by atoms with Crippen molar-refractivity contribution in [1.82, 2.24) is 10.2 Å². The first kappa shape index (κ1) is 19.4.